The standard InChI is InChI=1S/C20H38O11/c1-2-3-4-5-6-7-29-19-11(9-22)30-20(17(28)16(19)27)31-18-10(8-21)12(23)13(24)14(25)15(18)26/h10-28H,2-9H2,1H3/t10-,11+,12-,13+,14-,15+,16+,17+,18+,19+,20+/m0/s1. The van der Waals surface area contributed by atoms with Gasteiger partial charge in [0.1, 0.15) is 42.7 Å². The molecule has 0 spiro atoms. The van der Waals surface area contributed by atoms with E-state index in [9.17, 15) is 40.9 Å². The summed E-state index contributed by atoms with van der Waals surface area (Å²) in [6.45, 7) is 1.19. The van der Waals surface area contributed by atoms with E-state index in [0.29, 0.717) is 6.61 Å². The van der Waals surface area contributed by atoms with E-state index >= 15 is 0 Å². The molecule has 0 amide bonds. The lowest BCUT2D eigenvalue weighted by molar-refractivity contribution is -0.340. The fraction of sp³-hybridized carbons (Fsp3) is 1.00. The lowest BCUT2D eigenvalue weighted by atomic mass is 9.78. The van der Waals surface area contributed by atoms with Crippen molar-refractivity contribution in [2.45, 2.75) is 100 Å². The summed E-state index contributed by atoms with van der Waals surface area (Å²) >= 11 is 0. The van der Waals surface area contributed by atoms with Crippen molar-refractivity contribution in [3.8, 4) is 0 Å². The minimum Gasteiger partial charge on any atom is -0.396 e. The predicted octanol–water partition coefficient (Wildman–Crippen LogP) is -2.77. The third-order valence-corrected chi connectivity index (χ3v) is 6.13. The second-order valence-corrected chi connectivity index (χ2v) is 8.37. The van der Waals surface area contributed by atoms with Crippen molar-refractivity contribution in [3.05, 3.63) is 0 Å². The largest absolute Gasteiger partial charge is 0.396 e. The SMILES string of the molecule is CCCCCCCO[C@H]1[C@H](O)[C@@H](O)[C@@H](O[C@H]2[C@H](O)[C@@H](O)[C@H](O)[C@@H](O)[C@@H]2CO)O[C@@H]1CO. The van der Waals surface area contributed by atoms with E-state index in [1.807, 2.05) is 0 Å². The van der Waals surface area contributed by atoms with Gasteiger partial charge in [0, 0.05) is 12.5 Å². The summed E-state index contributed by atoms with van der Waals surface area (Å²) in [5.41, 5.74) is 0. The molecule has 8 N–H and O–H groups in total. The van der Waals surface area contributed by atoms with Gasteiger partial charge in [0.25, 0.3) is 0 Å². The third-order valence-electron chi connectivity index (χ3n) is 6.13. The second kappa shape index (κ2) is 12.7. The van der Waals surface area contributed by atoms with Crippen molar-refractivity contribution < 1.29 is 55.1 Å². The molecule has 11 heteroatoms. The van der Waals surface area contributed by atoms with Gasteiger partial charge in [-0.1, -0.05) is 32.6 Å². The molecule has 2 rings (SSSR count). The highest BCUT2D eigenvalue weighted by atomic mass is 16.7. The zero-order valence-electron chi connectivity index (χ0n) is 17.8. The smallest absolute Gasteiger partial charge is 0.187 e. The Morgan fingerprint density at radius 2 is 1.29 bits per heavy atom. The molecule has 1 saturated carbocycles. The molecule has 184 valence electrons. The van der Waals surface area contributed by atoms with Crippen molar-refractivity contribution in [1.29, 1.82) is 0 Å². The average molecular weight is 455 g/mol. The molecule has 11 atom stereocenters. The van der Waals surface area contributed by atoms with E-state index in [-0.39, 0.29) is 0 Å². The molecular formula is C20H38O11. The number of aliphatic hydroxyl groups is 8. The lowest BCUT2D eigenvalue weighted by Gasteiger charge is -2.47. The molecule has 0 aromatic carbocycles. The van der Waals surface area contributed by atoms with Crippen molar-refractivity contribution in [2.24, 2.45) is 5.92 Å². The van der Waals surface area contributed by atoms with Gasteiger partial charge in [0.15, 0.2) is 6.29 Å². The highest BCUT2D eigenvalue weighted by molar-refractivity contribution is 5.00. The number of rotatable bonds is 11. The first-order valence-corrected chi connectivity index (χ1v) is 11.0. The summed E-state index contributed by atoms with van der Waals surface area (Å²) < 4.78 is 16.7. The van der Waals surface area contributed by atoms with Crippen LogP contribution in [-0.4, -0.2) is 122 Å². The highest BCUT2D eigenvalue weighted by Crippen LogP contribution is 2.32. The molecule has 1 heterocycles. The van der Waals surface area contributed by atoms with Gasteiger partial charge < -0.3 is 55.1 Å². The van der Waals surface area contributed by atoms with Gasteiger partial charge in [-0.15, -0.1) is 0 Å². The van der Waals surface area contributed by atoms with Crippen LogP contribution in [0.4, 0.5) is 0 Å². The van der Waals surface area contributed by atoms with E-state index < -0.39 is 80.4 Å². The Morgan fingerprint density at radius 1 is 0.677 bits per heavy atom. The van der Waals surface area contributed by atoms with Crippen molar-refractivity contribution in [3.63, 3.8) is 0 Å². The van der Waals surface area contributed by atoms with Crippen molar-refractivity contribution in [1.82, 2.24) is 0 Å². The Morgan fingerprint density at radius 3 is 1.90 bits per heavy atom. The molecule has 11 nitrogen and oxygen atoms in total. The van der Waals surface area contributed by atoms with E-state index in [0.717, 1.165) is 32.1 Å². The van der Waals surface area contributed by atoms with Gasteiger partial charge >= 0.3 is 0 Å². The fourth-order valence-corrected chi connectivity index (χ4v) is 4.14. The molecule has 1 saturated heterocycles. The van der Waals surface area contributed by atoms with Gasteiger partial charge in [0.05, 0.1) is 25.4 Å². The summed E-state index contributed by atoms with van der Waals surface area (Å²) in [7, 11) is 0. The van der Waals surface area contributed by atoms with Crippen LogP contribution in [0.3, 0.4) is 0 Å². The summed E-state index contributed by atoms with van der Waals surface area (Å²) in [4.78, 5) is 0. The minimum absolute atomic E-state index is 0.313. The number of hydrogen-bond donors (Lipinski definition) is 8. The molecule has 1 aliphatic heterocycles. The molecule has 31 heavy (non-hydrogen) atoms. The molecule has 0 bridgehead atoms. The van der Waals surface area contributed by atoms with Gasteiger partial charge in [0.2, 0.25) is 0 Å². The first-order valence-electron chi connectivity index (χ1n) is 11.0. The van der Waals surface area contributed by atoms with Crippen molar-refractivity contribution in [2.75, 3.05) is 19.8 Å². The average Bonchev–Trinajstić information content (AvgIpc) is 2.77. The highest BCUT2D eigenvalue weighted by Gasteiger charge is 2.53. The molecule has 2 aliphatic rings. The maximum Gasteiger partial charge on any atom is 0.187 e. The van der Waals surface area contributed by atoms with Crippen LogP contribution in [0.5, 0.6) is 0 Å². The summed E-state index contributed by atoms with van der Waals surface area (Å²) in [6.07, 6.45) is -9.86. The number of hydrogen-bond acceptors (Lipinski definition) is 11. The van der Waals surface area contributed by atoms with Crippen LogP contribution < -0.4 is 0 Å². The van der Waals surface area contributed by atoms with E-state index in [1.165, 1.54) is 0 Å². The van der Waals surface area contributed by atoms with E-state index in [4.69, 9.17) is 14.2 Å². The number of aliphatic hydroxyl groups excluding tert-OH is 8. The minimum atomic E-state index is -1.76. The van der Waals surface area contributed by atoms with E-state index in [1.54, 1.807) is 0 Å². The monoisotopic (exact) mass is 454 g/mol. The molecule has 0 radical (unpaired) electrons. The molecular weight excluding hydrogens is 416 g/mol. The van der Waals surface area contributed by atoms with Gasteiger partial charge in [-0.25, -0.2) is 0 Å². The van der Waals surface area contributed by atoms with Crippen LogP contribution in [0.15, 0.2) is 0 Å². The maximum absolute atomic E-state index is 10.5. The van der Waals surface area contributed by atoms with Crippen LogP contribution in [-0.2, 0) is 14.2 Å². The lowest BCUT2D eigenvalue weighted by Crippen LogP contribution is -2.66. The fourth-order valence-electron chi connectivity index (χ4n) is 4.14. The molecule has 2 fully saturated rings. The van der Waals surface area contributed by atoms with Crippen LogP contribution in [0.1, 0.15) is 39.0 Å². The second-order valence-electron chi connectivity index (χ2n) is 8.37. The molecule has 1 aliphatic carbocycles. The summed E-state index contributed by atoms with van der Waals surface area (Å²) in [5, 5.41) is 80.3. The first-order chi connectivity index (χ1) is 14.8. The Hall–Kier alpha value is -0.440. The van der Waals surface area contributed by atoms with Gasteiger partial charge in [-0.2, -0.15) is 0 Å². The Kier molecular flexibility index (Phi) is 11.0. The Balaban J connectivity index is 2.00. The molecule has 0 aromatic heterocycles. The zero-order valence-corrected chi connectivity index (χ0v) is 17.8. The quantitative estimate of drug-likeness (QED) is 0.151. The van der Waals surface area contributed by atoms with Crippen LogP contribution in [0.25, 0.3) is 0 Å². The predicted molar refractivity (Wildman–Crippen MR) is 106 cm³/mol. The Labute approximate surface area is 181 Å². The third kappa shape index (κ3) is 6.33. The topological polar surface area (TPSA) is 190 Å². The number of ether oxygens (including phenoxy) is 3. The summed E-state index contributed by atoms with van der Waals surface area (Å²) in [6, 6.07) is 0. The maximum atomic E-state index is 10.5. The first kappa shape index (κ1) is 26.8. The van der Waals surface area contributed by atoms with Gasteiger partial charge in [-0.3, -0.25) is 0 Å². The van der Waals surface area contributed by atoms with Gasteiger partial charge in [-0.05, 0) is 6.42 Å². The normalized spacial score (nSPS) is 43.8. The van der Waals surface area contributed by atoms with Crippen LogP contribution in [0.2, 0.25) is 0 Å². The molecule has 0 aromatic rings. The zero-order chi connectivity index (χ0) is 23.1. The number of unbranched alkanes of at least 4 members (excludes halogenated alkanes) is 4. The van der Waals surface area contributed by atoms with Crippen LogP contribution >= 0.6 is 0 Å². The Bertz CT molecular complexity index is 508. The van der Waals surface area contributed by atoms with Crippen LogP contribution in [0, 0.1) is 5.92 Å². The van der Waals surface area contributed by atoms with E-state index in [2.05, 4.69) is 6.92 Å². The molecule has 0 unspecified atom stereocenters. The van der Waals surface area contributed by atoms with Crippen molar-refractivity contribution >= 4 is 0 Å². The summed E-state index contributed by atoms with van der Waals surface area (Å²) in [5.74, 6) is -1.19.